The Morgan fingerprint density at radius 3 is 3.16 bits per heavy atom. The summed E-state index contributed by atoms with van der Waals surface area (Å²) in [5.41, 5.74) is 4.08. The first-order valence-corrected chi connectivity index (χ1v) is 7.53. The fourth-order valence-corrected chi connectivity index (χ4v) is 3.54. The number of hydrogen-bond acceptors (Lipinski definition) is 4. The lowest BCUT2D eigenvalue weighted by molar-refractivity contribution is 0.745. The Morgan fingerprint density at radius 2 is 2.32 bits per heavy atom. The molecule has 0 radical (unpaired) electrons. The fourth-order valence-electron chi connectivity index (χ4n) is 2.62. The predicted molar refractivity (Wildman–Crippen MR) is 81.9 cm³/mol. The standard InChI is InChI=1S/C15H19N3S/c1-16-9-13-10-17-15(19-13)12-5-6-14-11(8-12)4-3-7-18(14)2/h5-6,8,10,16H,3-4,7,9H2,1-2H3. The van der Waals surface area contributed by atoms with E-state index in [1.54, 1.807) is 11.3 Å². The Kier molecular flexibility index (Phi) is 3.53. The molecule has 0 saturated carbocycles. The summed E-state index contributed by atoms with van der Waals surface area (Å²) >= 11 is 1.77. The highest BCUT2D eigenvalue weighted by Gasteiger charge is 2.15. The number of anilines is 1. The molecule has 4 heteroatoms. The molecule has 1 aliphatic rings. The van der Waals surface area contributed by atoms with Crippen molar-refractivity contribution in [2.24, 2.45) is 0 Å². The summed E-state index contributed by atoms with van der Waals surface area (Å²) < 4.78 is 0. The van der Waals surface area contributed by atoms with Crippen molar-refractivity contribution in [3.8, 4) is 10.6 Å². The van der Waals surface area contributed by atoms with E-state index in [0.29, 0.717) is 0 Å². The predicted octanol–water partition coefficient (Wildman–Crippen LogP) is 2.91. The lowest BCUT2D eigenvalue weighted by Gasteiger charge is -2.27. The van der Waals surface area contributed by atoms with E-state index < -0.39 is 0 Å². The number of rotatable bonds is 3. The van der Waals surface area contributed by atoms with Gasteiger partial charge in [-0.1, -0.05) is 0 Å². The van der Waals surface area contributed by atoms with Gasteiger partial charge in [0.2, 0.25) is 0 Å². The molecule has 0 fully saturated rings. The third-order valence-corrected chi connectivity index (χ3v) is 4.63. The monoisotopic (exact) mass is 273 g/mol. The SMILES string of the molecule is CNCc1cnc(-c2ccc3c(c2)CCCN3C)s1. The van der Waals surface area contributed by atoms with Crippen molar-refractivity contribution >= 4 is 17.0 Å². The molecular weight excluding hydrogens is 254 g/mol. The van der Waals surface area contributed by atoms with Crippen LogP contribution in [-0.2, 0) is 13.0 Å². The van der Waals surface area contributed by atoms with E-state index in [-0.39, 0.29) is 0 Å². The van der Waals surface area contributed by atoms with Crippen LogP contribution >= 0.6 is 11.3 Å². The van der Waals surface area contributed by atoms with Crippen LogP contribution in [0.15, 0.2) is 24.4 Å². The van der Waals surface area contributed by atoms with Gasteiger partial charge in [0, 0.05) is 42.5 Å². The van der Waals surface area contributed by atoms with Gasteiger partial charge in [0.1, 0.15) is 5.01 Å². The number of nitrogens with one attached hydrogen (secondary N) is 1. The number of hydrogen-bond donors (Lipinski definition) is 1. The Hall–Kier alpha value is -1.39. The maximum Gasteiger partial charge on any atom is 0.123 e. The highest BCUT2D eigenvalue weighted by atomic mass is 32.1. The highest BCUT2D eigenvalue weighted by molar-refractivity contribution is 7.15. The van der Waals surface area contributed by atoms with E-state index in [2.05, 4.69) is 40.4 Å². The van der Waals surface area contributed by atoms with Gasteiger partial charge in [0.05, 0.1) is 0 Å². The molecular formula is C15H19N3S. The molecule has 0 saturated heterocycles. The zero-order chi connectivity index (χ0) is 13.2. The molecule has 1 aliphatic heterocycles. The molecule has 3 rings (SSSR count). The van der Waals surface area contributed by atoms with Crippen LogP contribution < -0.4 is 10.2 Å². The molecule has 19 heavy (non-hydrogen) atoms. The van der Waals surface area contributed by atoms with E-state index in [0.717, 1.165) is 18.1 Å². The van der Waals surface area contributed by atoms with Gasteiger partial charge in [-0.05, 0) is 43.7 Å². The molecule has 0 aliphatic carbocycles. The highest BCUT2D eigenvalue weighted by Crippen LogP contribution is 2.32. The van der Waals surface area contributed by atoms with E-state index in [4.69, 9.17) is 0 Å². The summed E-state index contributed by atoms with van der Waals surface area (Å²) in [5.74, 6) is 0. The normalized spacial score (nSPS) is 14.5. The molecule has 1 N–H and O–H groups in total. The lowest BCUT2D eigenvalue weighted by Crippen LogP contribution is -2.24. The van der Waals surface area contributed by atoms with Gasteiger partial charge in [0.25, 0.3) is 0 Å². The third-order valence-electron chi connectivity index (χ3n) is 3.58. The first-order valence-electron chi connectivity index (χ1n) is 6.71. The van der Waals surface area contributed by atoms with Crippen molar-refractivity contribution in [1.82, 2.24) is 10.3 Å². The van der Waals surface area contributed by atoms with Gasteiger partial charge in [-0.2, -0.15) is 0 Å². The summed E-state index contributed by atoms with van der Waals surface area (Å²) in [6, 6.07) is 6.75. The van der Waals surface area contributed by atoms with Crippen molar-refractivity contribution in [1.29, 1.82) is 0 Å². The Balaban J connectivity index is 1.92. The molecule has 0 amide bonds. The maximum atomic E-state index is 4.54. The van der Waals surface area contributed by atoms with Gasteiger partial charge in [0.15, 0.2) is 0 Å². The molecule has 1 aromatic heterocycles. The van der Waals surface area contributed by atoms with Crippen molar-refractivity contribution in [2.45, 2.75) is 19.4 Å². The molecule has 0 atom stereocenters. The summed E-state index contributed by atoms with van der Waals surface area (Å²) in [6.45, 7) is 2.06. The lowest BCUT2D eigenvalue weighted by atomic mass is 10.00. The van der Waals surface area contributed by atoms with E-state index in [1.165, 1.54) is 34.5 Å². The fraction of sp³-hybridized carbons (Fsp3) is 0.400. The number of fused-ring (bicyclic) bond motifs is 1. The van der Waals surface area contributed by atoms with E-state index in [9.17, 15) is 0 Å². The summed E-state index contributed by atoms with van der Waals surface area (Å²) in [4.78, 5) is 8.17. The van der Waals surface area contributed by atoms with Crippen LogP contribution in [-0.4, -0.2) is 25.6 Å². The average Bonchev–Trinajstić information content (AvgIpc) is 2.88. The molecule has 0 unspecified atom stereocenters. The third kappa shape index (κ3) is 2.51. The van der Waals surface area contributed by atoms with Gasteiger partial charge >= 0.3 is 0 Å². The number of aromatic nitrogens is 1. The van der Waals surface area contributed by atoms with Crippen LogP contribution in [0.25, 0.3) is 10.6 Å². The topological polar surface area (TPSA) is 28.2 Å². The minimum absolute atomic E-state index is 0.894. The second kappa shape index (κ2) is 5.31. The van der Waals surface area contributed by atoms with Crippen molar-refractivity contribution in [3.05, 3.63) is 34.8 Å². The minimum Gasteiger partial charge on any atom is -0.374 e. The van der Waals surface area contributed by atoms with Crippen LogP contribution in [0.1, 0.15) is 16.9 Å². The number of nitrogens with zero attached hydrogens (tertiary/aromatic N) is 2. The zero-order valence-electron chi connectivity index (χ0n) is 11.4. The second-order valence-corrected chi connectivity index (χ2v) is 6.15. The maximum absolute atomic E-state index is 4.54. The van der Waals surface area contributed by atoms with Crippen molar-refractivity contribution in [3.63, 3.8) is 0 Å². The second-order valence-electron chi connectivity index (χ2n) is 5.03. The summed E-state index contributed by atoms with van der Waals surface area (Å²) in [7, 11) is 4.14. The van der Waals surface area contributed by atoms with Crippen LogP contribution in [0.2, 0.25) is 0 Å². The quantitative estimate of drug-likeness (QED) is 0.932. The Labute approximate surface area is 118 Å². The zero-order valence-corrected chi connectivity index (χ0v) is 12.3. The first kappa shape index (κ1) is 12.6. The molecule has 2 heterocycles. The Bertz CT molecular complexity index is 577. The van der Waals surface area contributed by atoms with Crippen LogP contribution in [0.5, 0.6) is 0 Å². The first-order chi connectivity index (χ1) is 9.28. The van der Waals surface area contributed by atoms with Gasteiger partial charge < -0.3 is 10.2 Å². The molecule has 1 aromatic carbocycles. The molecule has 2 aromatic rings. The summed E-state index contributed by atoms with van der Waals surface area (Å²) in [6.07, 6.45) is 4.40. The summed E-state index contributed by atoms with van der Waals surface area (Å²) in [5, 5.41) is 4.29. The molecule has 0 spiro atoms. The minimum atomic E-state index is 0.894. The molecule has 0 bridgehead atoms. The largest absolute Gasteiger partial charge is 0.374 e. The van der Waals surface area contributed by atoms with E-state index in [1.807, 2.05) is 13.2 Å². The van der Waals surface area contributed by atoms with Crippen LogP contribution in [0, 0.1) is 0 Å². The van der Waals surface area contributed by atoms with Crippen LogP contribution in [0.3, 0.4) is 0 Å². The number of thiazole rings is 1. The van der Waals surface area contributed by atoms with Gasteiger partial charge in [-0.15, -0.1) is 11.3 Å². The molecule has 3 nitrogen and oxygen atoms in total. The van der Waals surface area contributed by atoms with Crippen molar-refractivity contribution in [2.75, 3.05) is 25.5 Å². The van der Waals surface area contributed by atoms with Crippen LogP contribution in [0.4, 0.5) is 5.69 Å². The number of aryl methyl sites for hydroxylation is 1. The van der Waals surface area contributed by atoms with Gasteiger partial charge in [-0.3, -0.25) is 0 Å². The smallest absolute Gasteiger partial charge is 0.123 e. The average molecular weight is 273 g/mol. The number of benzene rings is 1. The molecule has 100 valence electrons. The van der Waals surface area contributed by atoms with Gasteiger partial charge in [-0.25, -0.2) is 4.98 Å². The Morgan fingerprint density at radius 1 is 1.42 bits per heavy atom. The van der Waals surface area contributed by atoms with E-state index >= 15 is 0 Å². The van der Waals surface area contributed by atoms with Crippen molar-refractivity contribution < 1.29 is 0 Å².